The molecule has 0 spiro atoms. The zero-order valence-corrected chi connectivity index (χ0v) is 8.20. The van der Waals surface area contributed by atoms with Crippen LogP contribution in [0, 0.1) is 6.92 Å². The Morgan fingerprint density at radius 1 is 1.69 bits per heavy atom. The van der Waals surface area contributed by atoms with Crippen molar-refractivity contribution in [2.24, 2.45) is 7.05 Å². The Balaban J connectivity index is 2.50. The van der Waals surface area contributed by atoms with Gasteiger partial charge in [-0.15, -0.1) is 0 Å². The number of esters is 1. The van der Waals surface area contributed by atoms with Crippen LogP contribution < -0.4 is 0 Å². The van der Waals surface area contributed by atoms with E-state index in [-0.39, 0.29) is 5.97 Å². The lowest BCUT2D eigenvalue weighted by atomic mass is 10.2. The summed E-state index contributed by atoms with van der Waals surface area (Å²) in [6, 6.07) is 1.98. The molecule has 0 bridgehead atoms. The fourth-order valence-corrected chi connectivity index (χ4v) is 1.09. The number of hydrogen-bond donors (Lipinski definition) is 0. The summed E-state index contributed by atoms with van der Waals surface area (Å²) in [5, 5.41) is 4.23. The van der Waals surface area contributed by atoms with Gasteiger partial charge in [-0.3, -0.25) is 9.48 Å². The van der Waals surface area contributed by atoms with Crippen molar-refractivity contribution in [3.63, 3.8) is 0 Å². The molecule has 13 heavy (non-hydrogen) atoms. The SMILES string of the molecule is COC(=O)CCc1cc(C)n(C)n1. The number of aromatic nitrogens is 2. The molecule has 1 aromatic rings. The molecule has 0 aromatic carbocycles. The molecule has 4 heteroatoms. The Kier molecular flexibility index (Phi) is 3.06. The third-order valence-electron chi connectivity index (χ3n) is 1.98. The molecule has 0 saturated carbocycles. The van der Waals surface area contributed by atoms with Crippen LogP contribution in [0.15, 0.2) is 6.07 Å². The molecule has 0 amide bonds. The van der Waals surface area contributed by atoms with E-state index < -0.39 is 0 Å². The van der Waals surface area contributed by atoms with Crippen LogP contribution in [0.1, 0.15) is 17.8 Å². The minimum Gasteiger partial charge on any atom is -0.469 e. The second-order valence-corrected chi connectivity index (χ2v) is 2.98. The number of aryl methyl sites for hydroxylation is 3. The van der Waals surface area contributed by atoms with E-state index in [1.165, 1.54) is 7.11 Å². The van der Waals surface area contributed by atoms with Gasteiger partial charge >= 0.3 is 5.97 Å². The third kappa shape index (κ3) is 2.57. The van der Waals surface area contributed by atoms with Crippen LogP contribution in [0.3, 0.4) is 0 Å². The lowest BCUT2D eigenvalue weighted by molar-refractivity contribution is -0.140. The molecule has 0 fully saturated rings. The lowest BCUT2D eigenvalue weighted by Gasteiger charge is -1.95. The zero-order chi connectivity index (χ0) is 9.84. The van der Waals surface area contributed by atoms with E-state index in [1.54, 1.807) is 4.68 Å². The quantitative estimate of drug-likeness (QED) is 0.650. The fraction of sp³-hybridized carbons (Fsp3) is 0.556. The van der Waals surface area contributed by atoms with Crippen molar-refractivity contribution in [1.29, 1.82) is 0 Å². The van der Waals surface area contributed by atoms with Crippen LogP contribution in [0.2, 0.25) is 0 Å². The molecule has 0 radical (unpaired) electrons. The maximum absolute atomic E-state index is 10.8. The van der Waals surface area contributed by atoms with Crippen LogP contribution in [0.4, 0.5) is 0 Å². The Hall–Kier alpha value is -1.32. The van der Waals surface area contributed by atoms with Crippen LogP contribution in [-0.4, -0.2) is 22.9 Å². The molecule has 4 nitrogen and oxygen atoms in total. The number of hydrogen-bond acceptors (Lipinski definition) is 3. The number of carbonyl (C=O) groups is 1. The number of carbonyl (C=O) groups excluding carboxylic acids is 1. The summed E-state index contributed by atoms with van der Waals surface area (Å²) in [7, 11) is 3.28. The second kappa shape index (κ2) is 4.07. The maximum Gasteiger partial charge on any atom is 0.305 e. The molecular weight excluding hydrogens is 168 g/mol. The summed E-state index contributed by atoms with van der Waals surface area (Å²) < 4.78 is 6.33. The van der Waals surface area contributed by atoms with Crippen molar-refractivity contribution < 1.29 is 9.53 Å². The zero-order valence-electron chi connectivity index (χ0n) is 8.20. The number of methoxy groups -OCH3 is 1. The van der Waals surface area contributed by atoms with Gasteiger partial charge in [0.25, 0.3) is 0 Å². The molecule has 0 N–H and O–H groups in total. The minimum absolute atomic E-state index is 0.191. The van der Waals surface area contributed by atoms with Crippen LogP contribution >= 0.6 is 0 Å². The van der Waals surface area contributed by atoms with Gasteiger partial charge in [-0.25, -0.2) is 0 Å². The molecule has 72 valence electrons. The topological polar surface area (TPSA) is 44.1 Å². The fourth-order valence-electron chi connectivity index (χ4n) is 1.09. The predicted molar refractivity (Wildman–Crippen MR) is 48.3 cm³/mol. The van der Waals surface area contributed by atoms with Gasteiger partial charge in [-0.05, 0) is 13.0 Å². The molecule has 1 rings (SSSR count). The molecule has 1 heterocycles. The average Bonchev–Trinajstić information content (AvgIpc) is 2.42. The minimum atomic E-state index is -0.191. The lowest BCUT2D eigenvalue weighted by Crippen LogP contribution is -2.02. The van der Waals surface area contributed by atoms with Crippen molar-refractivity contribution >= 4 is 5.97 Å². The highest BCUT2D eigenvalue weighted by Crippen LogP contribution is 2.04. The summed E-state index contributed by atoms with van der Waals surface area (Å²) in [6.45, 7) is 1.98. The van der Waals surface area contributed by atoms with E-state index in [0.717, 1.165) is 11.4 Å². The first-order valence-electron chi connectivity index (χ1n) is 4.20. The van der Waals surface area contributed by atoms with Crippen molar-refractivity contribution in [3.8, 4) is 0 Å². The van der Waals surface area contributed by atoms with E-state index in [1.807, 2.05) is 20.0 Å². The van der Waals surface area contributed by atoms with Crippen LogP contribution in [0.5, 0.6) is 0 Å². The van der Waals surface area contributed by atoms with Gasteiger partial charge < -0.3 is 4.74 Å². The molecule has 0 atom stereocenters. The normalized spacial score (nSPS) is 10.1. The van der Waals surface area contributed by atoms with Crippen LogP contribution in [0.25, 0.3) is 0 Å². The van der Waals surface area contributed by atoms with Gasteiger partial charge in [0.2, 0.25) is 0 Å². The average molecular weight is 182 g/mol. The van der Waals surface area contributed by atoms with Crippen molar-refractivity contribution in [2.75, 3.05) is 7.11 Å². The molecule has 0 aliphatic carbocycles. The Morgan fingerprint density at radius 2 is 2.38 bits per heavy atom. The van der Waals surface area contributed by atoms with Gasteiger partial charge in [-0.2, -0.15) is 5.10 Å². The van der Waals surface area contributed by atoms with Gasteiger partial charge in [0.05, 0.1) is 19.2 Å². The van der Waals surface area contributed by atoms with Gasteiger partial charge in [0.15, 0.2) is 0 Å². The van der Waals surface area contributed by atoms with E-state index in [2.05, 4.69) is 9.84 Å². The van der Waals surface area contributed by atoms with Crippen LogP contribution in [-0.2, 0) is 23.0 Å². The van der Waals surface area contributed by atoms with Crippen molar-refractivity contribution in [2.45, 2.75) is 19.8 Å². The summed E-state index contributed by atoms with van der Waals surface area (Å²) in [5.74, 6) is -0.191. The van der Waals surface area contributed by atoms with Crippen molar-refractivity contribution in [1.82, 2.24) is 9.78 Å². The Morgan fingerprint density at radius 3 is 2.85 bits per heavy atom. The standard InChI is InChI=1S/C9H14N2O2/c1-7-6-8(10-11(7)2)4-5-9(12)13-3/h6H,4-5H2,1-3H3. The van der Waals surface area contributed by atoms with Gasteiger partial charge in [0, 0.05) is 19.2 Å². The monoisotopic (exact) mass is 182 g/mol. The highest BCUT2D eigenvalue weighted by atomic mass is 16.5. The largest absolute Gasteiger partial charge is 0.469 e. The first-order chi connectivity index (χ1) is 6.13. The molecule has 0 unspecified atom stereocenters. The maximum atomic E-state index is 10.8. The number of ether oxygens (including phenoxy) is 1. The van der Waals surface area contributed by atoms with Gasteiger partial charge in [0.1, 0.15) is 0 Å². The first kappa shape index (κ1) is 9.77. The summed E-state index contributed by atoms with van der Waals surface area (Å²) in [6.07, 6.45) is 1.04. The summed E-state index contributed by atoms with van der Waals surface area (Å²) in [4.78, 5) is 10.8. The van der Waals surface area contributed by atoms with E-state index in [0.29, 0.717) is 12.8 Å². The predicted octanol–water partition coefficient (Wildman–Crippen LogP) is 0.834. The molecule has 0 aliphatic rings. The van der Waals surface area contributed by atoms with E-state index in [9.17, 15) is 4.79 Å². The third-order valence-corrected chi connectivity index (χ3v) is 1.98. The smallest absolute Gasteiger partial charge is 0.305 e. The molecular formula is C9H14N2O2. The summed E-state index contributed by atoms with van der Waals surface area (Å²) in [5.41, 5.74) is 2.03. The molecule has 0 aliphatic heterocycles. The highest BCUT2D eigenvalue weighted by molar-refractivity contribution is 5.69. The Bertz CT molecular complexity index is 285. The molecule has 1 aromatic heterocycles. The first-order valence-corrected chi connectivity index (χ1v) is 4.20. The summed E-state index contributed by atoms with van der Waals surface area (Å²) >= 11 is 0. The van der Waals surface area contributed by atoms with Gasteiger partial charge in [-0.1, -0.05) is 0 Å². The second-order valence-electron chi connectivity index (χ2n) is 2.98. The van der Waals surface area contributed by atoms with E-state index >= 15 is 0 Å². The molecule has 0 saturated heterocycles. The van der Waals surface area contributed by atoms with Crippen molar-refractivity contribution in [3.05, 3.63) is 17.5 Å². The Labute approximate surface area is 77.5 Å². The highest BCUT2D eigenvalue weighted by Gasteiger charge is 2.04. The number of nitrogens with zero attached hydrogens (tertiary/aromatic N) is 2. The number of rotatable bonds is 3. The van der Waals surface area contributed by atoms with E-state index in [4.69, 9.17) is 0 Å².